The largest absolute Gasteiger partial charge is 0.391 e. The van der Waals surface area contributed by atoms with Gasteiger partial charge in [-0.25, -0.2) is 0 Å². The van der Waals surface area contributed by atoms with Crippen LogP contribution in [0.25, 0.3) is 10.9 Å². The molecule has 22 heavy (non-hydrogen) atoms. The zero-order valence-corrected chi connectivity index (χ0v) is 12.9. The van der Waals surface area contributed by atoms with E-state index in [0.29, 0.717) is 6.54 Å². The predicted molar refractivity (Wildman–Crippen MR) is 87.6 cm³/mol. The van der Waals surface area contributed by atoms with Crippen molar-refractivity contribution in [3.63, 3.8) is 0 Å². The Morgan fingerprint density at radius 3 is 2.77 bits per heavy atom. The van der Waals surface area contributed by atoms with Crippen LogP contribution in [0.5, 0.6) is 0 Å². The number of para-hydroxylation sites is 1. The molecular weight excluding hydrogens is 276 g/mol. The minimum Gasteiger partial charge on any atom is -0.391 e. The van der Waals surface area contributed by atoms with Crippen molar-refractivity contribution in [2.24, 2.45) is 0 Å². The highest BCUT2D eigenvalue weighted by atomic mass is 16.3. The molecule has 0 aliphatic heterocycles. The maximum atomic E-state index is 12.3. The van der Waals surface area contributed by atoms with E-state index in [1.54, 1.807) is 0 Å². The lowest BCUT2D eigenvalue weighted by atomic mass is 9.94. The number of aliphatic hydroxyl groups is 1. The average molecular weight is 300 g/mol. The van der Waals surface area contributed by atoms with E-state index in [9.17, 15) is 9.90 Å². The molecule has 4 heteroatoms. The van der Waals surface area contributed by atoms with Crippen molar-refractivity contribution >= 4 is 16.8 Å². The lowest BCUT2D eigenvalue weighted by molar-refractivity contribution is -0.123. The first kappa shape index (κ1) is 15.1. The summed E-state index contributed by atoms with van der Waals surface area (Å²) in [6, 6.07) is 9.96. The van der Waals surface area contributed by atoms with Gasteiger partial charge in [-0.2, -0.15) is 0 Å². The highest BCUT2D eigenvalue weighted by Crippen LogP contribution is 2.18. The van der Waals surface area contributed by atoms with E-state index in [-0.39, 0.29) is 11.9 Å². The number of carbonyl (C=O) groups is 1. The smallest absolute Gasteiger partial charge is 0.240 e. The molecule has 0 unspecified atom stereocenters. The molecule has 1 aromatic heterocycles. The summed E-state index contributed by atoms with van der Waals surface area (Å²) in [5.74, 6) is -0.0222. The number of benzene rings is 1. The summed E-state index contributed by atoms with van der Waals surface area (Å²) in [7, 11) is 0. The first-order chi connectivity index (χ1) is 10.7. The number of hydrogen-bond acceptors (Lipinski definition) is 2. The van der Waals surface area contributed by atoms with Crippen LogP contribution < -0.4 is 5.32 Å². The van der Waals surface area contributed by atoms with Crippen LogP contribution in [0.4, 0.5) is 0 Å². The van der Waals surface area contributed by atoms with Gasteiger partial charge in [0, 0.05) is 11.7 Å². The van der Waals surface area contributed by atoms with E-state index in [4.69, 9.17) is 0 Å². The van der Waals surface area contributed by atoms with Gasteiger partial charge in [-0.1, -0.05) is 43.9 Å². The zero-order chi connectivity index (χ0) is 15.4. The second-order valence-corrected chi connectivity index (χ2v) is 6.24. The van der Waals surface area contributed by atoms with Crippen LogP contribution in [0.3, 0.4) is 0 Å². The van der Waals surface area contributed by atoms with Crippen molar-refractivity contribution in [1.29, 1.82) is 0 Å². The lowest BCUT2D eigenvalue weighted by Crippen LogP contribution is -2.44. The summed E-state index contributed by atoms with van der Waals surface area (Å²) in [5, 5.41) is 14.4. The van der Waals surface area contributed by atoms with Crippen molar-refractivity contribution in [3.8, 4) is 0 Å². The molecule has 0 bridgehead atoms. The predicted octanol–water partition coefficient (Wildman–Crippen LogP) is 2.84. The van der Waals surface area contributed by atoms with Crippen molar-refractivity contribution in [3.05, 3.63) is 36.5 Å². The molecule has 2 N–H and O–H groups in total. The van der Waals surface area contributed by atoms with Gasteiger partial charge in [0.15, 0.2) is 0 Å². The van der Waals surface area contributed by atoms with Crippen LogP contribution in [0.15, 0.2) is 36.5 Å². The molecule has 1 heterocycles. The van der Waals surface area contributed by atoms with Gasteiger partial charge < -0.3 is 15.0 Å². The van der Waals surface area contributed by atoms with E-state index in [2.05, 4.69) is 5.32 Å². The van der Waals surface area contributed by atoms with Crippen molar-refractivity contribution < 1.29 is 9.90 Å². The molecule has 0 radical (unpaired) electrons. The fourth-order valence-corrected chi connectivity index (χ4v) is 3.32. The molecule has 4 nitrogen and oxygen atoms in total. The molecule has 1 aromatic carbocycles. The Morgan fingerprint density at radius 2 is 1.91 bits per heavy atom. The number of carbonyl (C=O) groups excluding carboxylic acids is 1. The maximum absolute atomic E-state index is 12.3. The van der Waals surface area contributed by atoms with E-state index in [1.165, 1.54) is 12.8 Å². The van der Waals surface area contributed by atoms with Crippen LogP contribution in [-0.4, -0.2) is 27.7 Å². The highest BCUT2D eigenvalue weighted by molar-refractivity contribution is 5.83. The maximum Gasteiger partial charge on any atom is 0.240 e. The Morgan fingerprint density at radius 1 is 1.14 bits per heavy atom. The second kappa shape index (κ2) is 6.97. The van der Waals surface area contributed by atoms with Gasteiger partial charge in [0.25, 0.3) is 0 Å². The zero-order valence-electron chi connectivity index (χ0n) is 12.9. The van der Waals surface area contributed by atoms with E-state index < -0.39 is 6.10 Å². The quantitative estimate of drug-likeness (QED) is 0.916. The number of rotatable bonds is 3. The molecule has 0 spiro atoms. The topological polar surface area (TPSA) is 54.3 Å². The second-order valence-electron chi connectivity index (χ2n) is 6.24. The van der Waals surface area contributed by atoms with Crippen molar-refractivity contribution in [2.75, 3.05) is 0 Å². The molecule has 2 atom stereocenters. The number of nitrogens with one attached hydrogen (secondary N) is 1. The van der Waals surface area contributed by atoms with E-state index >= 15 is 0 Å². The minimum atomic E-state index is -0.411. The van der Waals surface area contributed by atoms with E-state index in [1.807, 2.05) is 41.1 Å². The van der Waals surface area contributed by atoms with Crippen LogP contribution in [-0.2, 0) is 11.3 Å². The molecule has 0 saturated heterocycles. The number of aliphatic hydroxyl groups excluding tert-OH is 1. The molecule has 3 rings (SSSR count). The Balaban J connectivity index is 1.64. The van der Waals surface area contributed by atoms with Gasteiger partial charge >= 0.3 is 0 Å². The number of amides is 1. The third kappa shape index (κ3) is 3.50. The Kier molecular flexibility index (Phi) is 4.78. The summed E-state index contributed by atoms with van der Waals surface area (Å²) < 4.78 is 1.96. The number of aromatic nitrogens is 1. The number of fused-ring (bicyclic) bond motifs is 1. The molecular formula is C18H24N2O2. The molecule has 1 aliphatic rings. The number of nitrogens with zero attached hydrogens (tertiary/aromatic N) is 1. The first-order valence-electron chi connectivity index (χ1n) is 8.25. The summed E-state index contributed by atoms with van der Waals surface area (Å²) in [6.07, 6.45) is 7.71. The van der Waals surface area contributed by atoms with Gasteiger partial charge in [0.2, 0.25) is 5.91 Å². The van der Waals surface area contributed by atoms with Gasteiger partial charge in [-0.15, -0.1) is 0 Å². The summed E-state index contributed by atoms with van der Waals surface area (Å²) in [6.45, 7) is 0.302. The monoisotopic (exact) mass is 300 g/mol. The first-order valence-corrected chi connectivity index (χ1v) is 8.25. The third-order valence-electron chi connectivity index (χ3n) is 4.57. The van der Waals surface area contributed by atoms with Crippen LogP contribution in [0.2, 0.25) is 0 Å². The van der Waals surface area contributed by atoms with Crippen LogP contribution in [0, 0.1) is 0 Å². The SMILES string of the molecule is O=C(Cn1ccc2ccccc21)N[C@H]1CCCCCC[C@@H]1O. The molecule has 1 saturated carbocycles. The van der Waals surface area contributed by atoms with Gasteiger partial charge in [-0.3, -0.25) is 4.79 Å². The van der Waals surface area contributed by atoms with Crippen molar-refractivity contribution in [2.45, 2.75) is 57.2 Å². The standard InChI is InChI=1S/C18H24N2O2/c21-17-10-4-2-1-3-8-15(17)19-18(22)13-20-12-11-14-7-5-6-9-16(14)20/h5-7,9,11-12,15,17,21H,1-4,8,10,13H2,(H,19,22)/t15-,17-/m0/s1. The summed E-state index contributed by atoms with van der Waals surface area (Å²) in [4.78, 5) is 12.3. The van der Waals surface area contributed by atoms with Gasteiger partial charge in [-0.05, 0) is 30.4 Å². The highest BCUT2D eigenvalue weighted by Gasteiger charge is 2.22. The van der Waals surface area contributed by atoms with Gasteiger partial charge in [0.05, 0.1) is 12.1 Å². The Labute approximate surface area is 131 Å². The normalized spacial score (nSPS) is 23.0. The molecule has 1 aliphatic carbocycles. The van der Waals surface area contributed by atoms with E-state index in [0.717, 1.165) is 36.6 Å². The minimum absolute atomic E-state index is 0.0222. The summed E-state index contributed by atoms with van der Waals surface area (Å²) in [5.41, 5.74) is 1.07. The van der Waals surface area contributed by atoms with Crippen molar-refractivity contribution in [1.82, 2.24) is 9.88 Å². The fraction of sp³-hybridized carbons (Fsp3) is 0.500. The Bertz CT molecular complexity index is 635. The fourth-order valence-electron chi connectivity index (χ4n) is 3.32. The Hall–Kier alpha value is -1.81. The molecule has 1 amide bonds. The average Bonchev–Trinajstić information content (AvgIpc) is 2.90. The third-order valence-corrected chi connectivity index (χ3v) is 4.57. The van der Waals surface area contributed by atoms with Crippen LogP contribution >= 0.6 is 0 Å². The summed E-state index contributed by atoms with van der Waals surface area (Å²) >= 11 is 0. The van der Waals surface area contributed by atoms with Gasteiger partial charge in [0.1, 0.15) is 6.54 Å². The number of hydrogen-bond donors (Lipinski definition) is 2. The molecule has 2 aromatic rings. The van der Waals surface area contributed by atoms with Crippen LogP contribution in [0.1, 0.15) is 38.5 Å². The molecule has 118 valence electrons. The lowest BCUT2D eigenvalue weighted by Gasteiger charge is -2.26. The molecule has 1 fully saturated rings.